The summed E-state index contributed by atoms with van der Waals surface area (Å²) in [6.07, 6.45) is 2.95. The number of hydrogen-bond donors (Lipinski definition) is 4. The van der Waals surface area contributed by atoms with E-state index < -0.39 is 23.5 Å². The summed E-state index contributed by atoms with van der Waals surface area (Å²) in [6, 6.07) is 1.22. The SMILES string of the molecule is O=C(N[C@H](Cc1cnc[nH]1)C(=O)O)c1ccc(=O)[nH]n1. The molecule has 9 heteroatoms. The van der Waals surface area contributed by atoms with Crippen LogP contribution in [0.25, 0.3) is 0 Å². The highest BCUT2D eigenvalue weighted by molar-refractivity contribution is 5.94. The van der Waals surface area contributed by atoms with Crippen molar-refractivity contribution in [3.8, 4) is 0 Å². The summed E-state index contributed by atoms with van der Waals surface area (Å²) < 4.78 is 0. The summed E-state index contributed by atoms with van der Waals surface area (Å²) in [5.74, 6) is -1.87. The van der Waals surface area contributed by atoms with E-state index in [4.69, 9.17) is 5.11 Å². The zero-order valence-corrected chi connectivity index (χ0v) is 10.2. The molecule has 0 aliphatic heterocycles. The first-order chi connectivity index (χ1) is 9.56. The maximum absolute atomic E-state index is 11.8. The van der Waals surface area contributed by atoms with Crippen LogP contribution in [0.4, 0.5) is 0 Å². The third-order valence-corrected chi connectivity index (χ3v) is 2.49. The molecule has 1 amide bonds. The quantitative estimate of drug-likeness (QED) is 0.547. The molecule has 0 unspecified atom stereocenters. The molecule has 1 atom stereocenters. The average Bonchev–Trinajstić information content (AvgIpc) is 2.91. The van der Waals surface area contributed by atoms with Crippen LogP contribution in [0.2, 0.25) is 0 Å². The van der Waals surface area contributed by atoms with Gasteiger partial charge in [0.2, 0.25) is 0 Å². The number of nitrogens with zero attached hydrogens (tertiary/aromatic N) is 2. The van der Waals surface area contributed by atoms with Gasteiger partial charge < -0.3 is 15.4 Å². The first-order valence-electron chi connectivity index (χ1n) is 5.63. The van der Waals surface area contributed by atoms with E-state index >= 15 is 0 Å². The van der Waals surface area contributed by atoms with Gasteiger partial charge >= 0.3 is 5.97 Å². The zero-order valence-electron chi connectivity index (χ0n) is 10.2. The topological polar surface area (TPSA) is 141 Å². The van der Waals surface area contributed by atoms with E-state index in [1.165, 1.54) is 18.6 Å². The predicted octanol–water partition coefficient (Wildman–Crippen LogP) is -1.08. The Bertz CT molecular complexity index is 643. The maximum atomic E-state index is 11.8. The second-order valence-corrected chi connectivity index (χ2v) is 3.95. The summed E-state index contributed by atoms with van der Waals surface area (Å²) in [4.78, 5) is 40.3. The Morgan fingerprint density at radius 1 is 1.40 bits per heavy atom. The number of carbonyl (C=O) groups excluding carboxylic acids is 1. The number of carbonyl (C=O) groups is 2. The van der Waals surface area contributed by atoms with Gasteiger partial charge in [-0.3, -0.25) is 9.59 Å². The van der Waals surface area contributed by atoms with Gasteiger partial charge in [0, 0.05) is 24.4 Å². The number of carboxylic acid groups (broad SMARTS) is 1. The largest absolute Gasteiger partial charge is 0.480 e. The van der Waals surface area contributed by atoms with Crippen molar-refractivity contribution in [1.82, 2.24) is 25.5 Å². The second-order valence-electron chi connectivity index (χ2n) is 3.95. The van der Waals surface area contributed by atoms with Crippen LogP contribution in [0.5, 0.6) is 0 Å². The number of hydrogen-bond acceptors (Lipinski definition) is 5. The molecule has 2 rings (SSSR count). The van der Waals surface area contributed by atoms with Gasteiger partial charge in [-0.25, -0.2) is 14.9 Å². The van der Waals surface area contributed by atoms with E-state index in [2.05, 4.69) is 25.5 Å². The number of carboxylic acids is 1. The maximum Gasteiger partial charge on any atom is 0.326 e. The first-order valence-corrected chi connectivity index (χ1v) is 5.63. The summed E-state index contributed by atoms with van der Waals surface area (Å²) in [5.41, 5.74) is 0.0568. The zero-order chi connectivity index (χ0) is 14.5. The molecule has 104 valence electrons. The lowest BCUT2D eigenvalue weighted by Gasteiger charge is -2.12. The number of aromatic amines is 2. The minimum atomic E-state index is -1.18. The smallest absolute Gasteiger partial charge is 0.326 e. The van der Waals surface area contributed by atoms with Crippen molar-refractivity contribution in [3.05, 3.63) is 46.4 Å². The molecule has 0 spiro atoms. The van der Waals surface area contributed by atoms with Gasteiger partial charge in [0.05, 0.1) is 6.33 Å². The molecule has 9 nitrogen and oxygen atoms in total. The van der Waals surface area contributed by atoms with E-state index in [1.54, 1.807) is 0 Å². The lowest BCUT2D eigenvalue weighted by Crippen LogP contribution is -2.42. The Kier molecular flexibility index (Phi) is 3.89. The Balaban J connectivity index is 2.08. The Morgan fingerprint density at radius 3 is 2.75 bits per heavy atom. The molecular formula is C11H11N5O4. The molecule has 0 radical (unpaired) electrons. The van der Waals surface area contributed by atoms with Crippen molar-refractivity contribution in [2.24, 2.45) is 0 Å². The molecule has 2 aromatic heterocycles. The number of H-pyrrole nitrogens is 2. The normalized spacial score (nSPS) is 11.8. The number of amides is 1. The van der Waals surface area contributed by atoms with Gasteiger partial charge in [-0.15, -0.1) is 0 Å². The van der Waals surface area contributed by atoms with Gasteiger partial charge in [0.15, 0.2) is 0 Å². The highest BCUT2D eigenvalue weighted by Gasteiger charge is 2.22. The summed E-state index contributed by atoms with van der Waals surface area (Å²) in [6.45, 7) is 0. The van der Waals surface area contributed by atoms with Gasteiger partial charge in [0.25, 0.3) is 11.5 Å². The lowest BCUT2D eigenvalue weighted by molar-refractivity contribution is -0.139. The summed E-state index contributed by atoms with van der Waals surface area (Å²) in [7, 11) is 0. The number of aromatic nitrogens is 4. The van der Waals surface area contributed by atoms with E-state index in [0.29, 0.717) is 5.69 Å². The molecule has 0 saturated carbocycles. The van der Waals surface area contributed by atoms with Crippen LogP contribution in [0, 0.1) is 0 Å². The van der Waals surface area contributed by atoms with Crippen molar-refractivity contribution < 1.29 is 14.7 Å². The molecule has 4 N–H and O–H groups in total. The van der Waals surface area contributed by atoms with Gasteiger partial charge in [-0.2, -0.15) is 5.10 Å². The first kappa shape index (κ1) is 13.5. The predicted molar refractivity (Wildman–Crippen MR) is 66.0 cm³/mol. The van der Waals surface area contributed by atoms with Gasteiger partial charge in [0.1, 0.15) is 11.7 Å². The van der Waals surface area contributed by atoms with Crippen molar-refractivity contribution in [2.75, 3.05) is 0 Å². The average molecular weight is 277 g/mol. The molecule has 0 aliphatic rings. The van der Waals surface area contributed by atoms with Crippen LogP contribution in [-0.4, -0.2) is 43.2 Å². The molecule has 2 heterocycles. The summed E-state index contributed by atoms with van der Waals surface area (Å²) >= 11 is 0. The third kappa shape index (κ3) is 3.28. The van der Waals surface area contributed by atoms with E-state index in [-0.39, 0.29) is 12.1 Å². The fourth-order valence-corrected chi connectivity index (χ4v) is 1.52. The molecule has 0 aliphatic carbocycles. The van der Waals surface area contributed by atoms with Crippen molar-refractivity contribution in [3.63, 3.8) is 0 Å². The van der Waals surface area contributed by atoms with Crippen molar-refractivity contribution in [2.45, 2.75) is 12.5 Å². The molecule has 0 saturated heterocycles. The third-order valence-electron chi connectivity index (χ3n) is 2.49. The van der Waals surface area contributed by atoms with E-state index in [0.717, 1.165) is 6.07 Å². The fourth-order valence-electron chi connectivity index (χ4n) is 1.52. The Labute approximate surface area is 112 Å². The van der Waals surface area contributed by atoms with Gasteiger partial charge in [-0.1, -0.05) is 0 Å². The molecule has 2 aromatic rings. The molecule has 0 fully saturated rings. The lowest BCUT2D eigenvalue weighted by atomic mass is 10.1. The molecule has 20 heavy (non-hydrogen) atoms. The standard InChI is InChI=1S/C11H11N5O4/c17-9-2-1-7(15-16-9)10(18)14-8(11(19)20)3-6-4-12-5-13-6/h1-2,4-5,8H,3H2,(H,12,13)(H,14,18)(H,16,17)(H,19,20)/t8-/m1/s1. The van der Waals surface area contributed by atoms with Crippen LogP contribution >= 0.6 is 0 Å². The Hall–Kier alpha value is -2.97. The number of aliphatic carboxylic acids is 1. The molecular weight excluding hydrogens is 266 g/mol. The highest BCUT2D eigenvalue weighted by atomic mass is 16.4. The van der Waals surface area contributed by atoms with Crippen LogP contribution < -0.4 is 10.9 Å². The van der Waals surface area contributed by atoms with Crippen LogP contribution in [0.3, 0.4) is 0 Å². The summed E-state index contributed by atoms with van der Waals surface area (Å²) in [5, 5.41) is 17.0. The monoisotopic (exact) mass is 277 g/mol. The number of rotatable bonds is 5. The van der Waals surface area contributed by atoms with E-state index in [1.807, 2.05) is 0 Å². The van der Waals surface area contributed by atoms with Crippen molar-refractivity contribution >= 4 is 11.9 Å². The van der Waals surface area contributed by atoms with Crippen LogP contribution in [0.1, 0.15) is 16.2 Å². The van der Waals surface area contributed by atoms with Crippen LogP contribution in [0.15, 0.2) is 29.5 Å². The van der Waals surface area contributed by atoms with Gasteiger partial charge in [-0.05, 0) is 6.07 Å². The molecule has 0 bridgehead atoms. The Morgan fingerprint density at radius 2 is 2.20 bits per heavy atom. The fraction of sp³-hybridized carbons (Fsp3) is 0.182. The number of imidazole rings is 1. The minimum Gasteiger partial charge on any atom is -0.480 e. The van der Waals surface area contributed by atoms with E-state index in [9.17, 15) is 14.4 Å². The number of nitrogens with one attached hydrogen (secondary N) is 3. The second kappa shape index (κ2) is 5.78. The highest BCUT2D eigenvalue weighted by Crippen LogP contribution is 2.00. The minimum absolute atomic E-state index is 0.0599. The molecule has 0 aromatic carbocycles. The van der Waals surface area contributed by atoms with Crippen molar-refractivity contribution in [1.29, 1.82) is 0 Å². The van der Waals surface area contributed by atoms with Crippen LogP contribution in [-0.2, 0) is 11.2 Å².